The maximum atomic E-state index is 5.64. The number of nitrogens with two attached hydrogens (primary N) is 1. The molecule has 2 N–H and O–H groups in total. The molecule has 0 bridgehead atoms. The molecule has 4 heteroatoms. The summed E-state index contributed by atoms with van der Waals surface area (Å²) in [6.45, 7) is 7.25. The number of benzene rings is 1. The Morgan fingerprint density at radius 3 is 2.84 bits per heavy atom. The average Bonchev–Trinajstić information content (AvgIpc) is 2.45. The lowest BCUT2D eigenvalue weighted by Crippen LogP contribution is -2.17. The van der Waals surface area contributed by atoms with Crippen LogP contribution in [0.25, 0.3) is 0 Å². The quantitative estimate of drug-likeness (QED) is 0.661. The van der Waals surface area contributed by atoms with Gasteiger partial charge in [0.2, 0.25) is 0 Å². The van der Waals surface area contributed by atoms with Gasteiger partial charge in [-0.2, -0.15) is 0 Å². The highest BCUT2D eigenvalue weighted by molar-refractivity contribution is 5.28. The van der Waals surface area contributed by atoms with Crippen LogP contribution in [-0.4, -0.2) is 32.5 Å². The lowest BCUT2D eigenvalue weighted by Gasteiger charge is -2.13. The number of ether oxygens (including phenoxy) is 3. The zero-order chi connectivity index (χ0) is 13.9. The van der Waals surface area contributed by atoms with E-state index in [2.05, 4.69) is 0 Å². The molecule has 0 aliphatic rings. The predicted octanol–water partition coefficient (Wildman–Crippen LogP) is 2.36. The largest absolute Gasteiger partial charge is 0.493 e. The molecule has 0 spiro atoms. The Balaban J connectivity index is 2.10. The van der Waals surface area contributed by atoms with Crippen LogP contribution in [0.5, 0.6) is 5.75 Å². The molecule has 19 heavy (non-hydrogen) atoms. The van der Waals surface area contributed by atoms with Crippen molar-refractivity contribution in [2.75, 3.05) is 26.4 Å². The third kappa shape index (κ3) is 7.15. The summed E-state index contributed by atoms with van der Waals surface area (Å²) in [7, 11) is 0. The van der Waals surface area contributed by atoms with E-state index in [9.17, 15) is 0 Å². The summed E-state index contributed by atoms with van der Waals surface area (Å²) in [5.74, 6) is 0.866. The van der Waals surface area contributed by atoms with Gasteiger partial charge in [0.1, 0.15) is 5.75 Å². The highest BCUT2D eigenvalue weighted by Crippen LogP contribution is 2.13. The zero-order valence-electron chi connectivity index (χ0n) is 11.9. The molecule has 1 atom stereocenters. The van der Waals surface area contributed by atoms with Crippen LogP contribution in [-0.2, 0) is 16.0 Å². The van der Waals surface area contributed by atoms with E-state index in [0.29, 0.717) is 26.4 Å². The van der Waals surface area contributed by atoms with Gasteiger partial charge >= 0.3 is 0 Å². The van der Waals surface area contributed by atoms with Crippen molar-refractivity contribution in [3.05, 3.63) is 29.8 Å². The molecule has 0 aliphatic carbocycles. The van der Waals surface area contributed by atoms with E-state index >= 15 is 0 Å². The Labute approximate surface area is 115 Å². The third-order valence-electron chi connectivity index (χ3n) is 2.65. The van der Waals surface area contributed by atoms with Crippen molar-refractivity contribution in [2.24, 2.45) is 5.73 Å². The summed E-state index contributed by atoms with van der Waals surface area (Å²) in [6.07, 6.45) is 1.00. The molecule has 0 heterocycles. The van der Waals surface area contributed by atoms with Gasteiger partial charge in [-0.3, -0.25) is 0 Å². The molecule has 0 saturated carbocycles. The summed E-state index contributed by atoms with van der Waals surface area (Å²) in [4.78, 5) is 0. The molecule has 0 saturated heterocycles. The standard InChI is InChI=1S/C15H25NO3/c1-3-17-12-13(2)18-8-5-9-19-15-7-4-6-14(10-15)11-16/h4,6-7,10,13H,3,5,8-9,11-12,16H2,1-2H3. The fourth-order valence-corrected chi connectivity index (χ4v) is 1.63. The first kappa shape index (κ1) is 16.0. The number of hydrogen-bond donors (Lipinski definition) is 1. The van der Waals surface area contributed by atoms with E-state index in [0.717, 1.165) is 24.3 Å². The first-order valence-corrected chi connectivity index (χ1v) is 6.87. The van der Waals surface area contributed by atoms with Crippen LogP contribution in [0.4, 0.5) is 0 Å². The van der Waals surface area contributed by atoms with Crippen molar-refractivity contribution in [1.82, 2.24) is 0 Å². The minimum absolute atomic E-state index is 0.139. The Kier molecular flexibility index (Phi) is 8.21. The monoisotopic (exact) mass is 267 g/mol. The van der Waals surface area contributed by atoms with Crippen LogP contribution >= 0.6 is 0 Å². The van der Waals surface area contributed by atoms with Gasteiger partial charge < -0.3 is 19.9 Å². The van der Waals surface area contributed by atoms with Gasteiger partial charge in [-0.25, -0.2) is 0 Å². The minimum atomic E-state index is 0.139. The van der Waals surface area contributed by atoms with Crippen molar-refractivity contribution in [2.45, 2.75) is 32.9 Å². The van der Waals surface area contributed by atoms with Crippen molar-refractivity contribution in [1.29, 1.82) is 0 Å². The number of hydrogen-bond acceptors (Lipinski definition) is 4. The van der Waals surface area contributed by atoms with Crippen LogP contribution in [0.3, 0.4) is 0 Å². The zero-order valence-corrected chi connectivity index (χ0v) is 11.9. The lowest BCUT2D eigenvalue weighted by molar-refractivity contribution is -0.00666. The van der Waals surface area contributed by atoms with Crippen LogP contribution in [0.2, 0.25) is 0 Å². The highest BCUT2D eigenvalue weighted by Gasteiger charge is 2.01. The first-order chi connectivity index (χ1) is 9.26. The van der Waals surface area contributed by atoms with Crippen LogP contribution in [0.1, 0.15) is 25.8 Å². The van der Waals surface area contributed by atoms with Crippen LogP contribution in [0, 0.1) is 0 Å². The molecular formula is C15H25NO3. The topological polar surface area (TPSA) is 53.7 Å². The molecule has 4 nitrogen and oxygen atoms in total. The summed E-state index contributed by atoms with van der Waals surface area (Å²) in [6, 6.07) is 7.86. The van der Waals surface area contributed by atoms with E-state index in [1.807, 2.05) is 38.1 Å². The van der Waals surface area contributed by atoms with Crippen LogP contribution in [0.15, 0.2) is 24.3 Å². The molecule has 0 radical (unpaired) electrons. The summed E-state index contributed by atoms with van der Waals surface area (Å²) in [5, 5.41) is 0. The van der Waals surface area contributed by atoms with Crippen molar-refractivity contribution in [3.63, 3.8) is 0 Å². The maximum Gasteiger partial charge on any atom is 0.119 e. The van der Waals surface area contributed by atoms with Gasteiger partial charge in [-0.05, 0) is 31.5 Å². The Hall–Kier alpha value is -1.10. The molecule has 0 amide bonds. The summed E-state index contributed by atoms with van der Waals surface area (Å²) < 4.78 is 16.5. The van der Waals surface area contributed by atoms with Gasteiger partial charge in [0.25, 0.3) is 0 Å². The first-order valence-electron chi connectivity index (χ1n) is 6.87. The van der Waals surface area contributed by atoms with Gasteiger partial charge in [0.15, 0.2) is 0 Å². The van der Waals surface area contributed by atoms with Crippen LogP contribution < -0.4 is 10.5 Å². The molecular weight excluding hydrogens is 242 g/mol. The molecule has 0 aliphatic heterocycles. The normalized spacial score (nSPS) is 12.4. The Morgan fingerprint density at radius 1 is 1.26 bits per heavy atom. The Bertz CT molecular complexity index is 344. The van der Waals surface area contributed by atoms with E-state index in [1.54, 1.807) is 0 Å². The second kappa shape index (κ2) is 9.78. The Morgan fingerprint density at radius 2 is 2.11 bits per heavy atom. The summed E-state index contributed by atoms with van der Waals surface area (Å²) in [5.41, 5.74) is 6.66. The molecule has 0 fully saturated rings. The fourth-order valence-electron chi connectivity index (χ4n) is 1.63. The molecule has 1 rings (SSSR count). The van der Waals surface area contributed by atoms with Gasteiger partial charge in [-0.15, -0.1) is 0 Å². The van der Waals surface area contributed by atoms with Gasteiger partial charge in [0, 0.05) is 19.6 Å². The third-order valence-corrected chi connectivity index (χ3v) is 2.65. The van der Waals surface area contributed by atoms with E-state index in [4.69, 9.17) is 19.9 Å². The van der Waals surface area contributed by atoms with E-state index in [-0.39, 0.29) is 6.10 Å². The van der Waals surface area contributed by atoms with E-state index < -0.39 is 0 Å². The fraction of sp³-hybridized carbons (Fsp3) is 0.600. The minimum Gasteiger partial charge on any atom is -0.493 e. The smallest absolute Gasteiger partial charge is 0.119 e. The molecule has 108 valence electrons. The number of rotatable bonds is 10. The second-order valence-electron chi connectivity index (χ2n) is 4.39. The molecule has 1 aromatic carbocycles. The predicted molar refractivity (Wildman–Crippen MR) is 76.4 cm³/mol. The molecule has 1 unspecified atom stereocenters. The van der Waals surface area contributed by atoms with Gasteiger partial charge in [0.05, 0.1) is 25.9 Å². The SMILES string of the molecule is CCOCC(C)OCCCOc1cccc(CN)c1. The summed E-state index contributed by atoms with van der Waals surface area (Å²) >= 11 is 0. The average molecular weight is 267 g/mol. The highest BCUT2D eigenvalue weighted by atomic mass is 16.5. The van der Waals surface area contributed by atoms with Crippen molar-refractivity contribution < 1.29 is 14.2 Å². The maximum absolute atomic E-state index is 5.64. The van der Waals surface area contributed by atoms with Crippen molar-refractivity contribution >= 4 is 0 Å². The second-order valence-corrected chi connectivity index (χ2v) is 4.39. The lowest BCUT2D eigenvalue weighted by atomic mass is 10.2. The van der Waals surface area contributed by atoms with Gasteiger partial charge in [-0.1, -0.05) is 12.1 Å². The molecule has 0 aromatic heterocycles. The van der Waals surface area contributed by atoms with E-state index in [1.165, 1.54) is 0 Å². The molecule has 1 aromatic rings. The van der Waals surface area contributed by atoms with Crippen molar-refractivity contribution in [3.8, 4) is 5.75 Å².